The molecule has 1 atom stereocenters. The Kier molecular flexibility index (Phi) is 5.78. The summed E-state index contributed by atoms with van der Waals surface area (Å²) in [6.45, 7) is 2.91. The van der Waals surface area contributed by atoms with Gasteiger partial charge in [0.25, 0.3) is 5.91 Å². The van der Waals surface area contributed by atoms with Crippen LogP contribution in [0.4, 0.5) is 0 Å². The number of nitrogens with zero attached hydrogens (tertiary/aromatic N) is 4. The van der Waals surface area contributed by atoms with Crippen LogP contribution >= 0.6 is 0 Å². The molecule has 25 heavy (non-hydrogen) atoms. The maximum absolute atomic E-state index is 12.7. The molecule has 7 nitrogen and oxygen atoms in total. The van der Waals surface area contributed by atoms with Gasteiger partial charge in [-0.2, -0.15) is 0 Å². The number of likely N-dealkylation sites (tertiary alicyclic amines) is 1. The highest BCUT2D eigenvalue weighted by atomic mass is 16.3. The van der Waals surface area contributed by atoms with Gasteiger partial charge in [-0.3, -0.25) is 9.48 Å². The molecule has 7 heteroatoms. The van der Waals surface area contributed by atoms with E-state index >= 15 is 0 Å². The highest BCUT2D eigenvalue weighted by molar-refractivity contribution is 5.86. The Bertz CT molecular complexity index is 661. The summed E-state index contributed by atoms with van der Waals surface area (Å²) in [5, 5.41) is 21.6. The second-order valence-corrected chi connectivity index (χ2v) is 6.51. The average Bonchev–Trinajstić information content (AvgIpc) is 3.15. The first-order chi connectivity index (χ1) is 12.2. The van der Waals surface area contributed by atoms with Crippen molar-refractivity contribution in [1.82, 2.24) is 25.2 Å². The molecule has 0 saturated carbocycles. The topological polar surface area (TPSA) is 83.3 Å². The number of nitrogens with one attached hydrogen (secondary N) is 1. The number of rotatable bonds is 8. The molecule has 1 unspecified atom stereocenters. The van der Waals surface area contributed by atoms with Gasteiger partial charge in [-0.1, -0.05) is 35.5 Å². The summed E-state index contributed by atoms with van der Waals surface area (Å²) in [5.74, 6) is -0.164. The maximum atomic E-state index is 12.7. The van der Waals surface area contributed by atoms with Gasteiger partial charge >= 0.3 is 0 Å². The van der Waals surface area contributed by atoms with Crippen LogP contribution in [-0.2, 0) is 17.8 Å². The van der Waals surface area contributed by atoms with E-state index in [1.54, 1.807) is 22.0 Å². The van der Waals surface area contributed by atoms with Crippen molar-refractivity contribution in [3.63, 3.8) is 0 Å². The van der Waals surface area contributed by atoms with Crippen molar-refractivity contribution in [3.05, 3.63) is 48.3 Å². The van der Waals surface area contributed by atoms with E-state index < -0.39 is 5.60 Å². The molecule has 2 aromatic rings. The van der Waals surface area contributed by atoms with Crippen LogP contribution in [0.3, 0.4) is 0 Å². The molecule has 2 heterocycles. The predicted octanol–water partition coefficient (Wildman–Crippen LogP) is 0.464. The molecule has 0 aliphatic carbocycles. The van der Waals surface area contributed by atoms with Crippen molar-refractivity contribution >= 4 is 5.91 Å². The van der Waals surface area contributed by atoms with Crippen molar-refractivity contribution in [2.24, 2.45) is 0 Å². The van der Waals surface area contributed by atoms with Gasteiger partial charge in [-0.05, 0) is 24.8 Å². The summed E-state index contributed by atoms with van der Waals surface area (Å²) < 4.78 is 1.71. The quantitative estimate of drug-likeness (QED) is 0.681. The van der Waals surface area contributed by atoms with E-state index in [0.717, 1.165) is 12.8 Å². The molecule has 1 fully saturated rings. The minimum Gasteiger partial charge on any atom is -0.379 e. The molecule has 1 aliphatic rings. The molecule has 0 spiro atoms. The number of carbonyl (C=O) groups is 1. The molecule has 3 rings (SSSR count). The summed E-state index contributed by atoms with van der Waals surface area (Å²) in [5.41, 5.74) is -0.104. The summed E-state index contributed by atoms with van der Waals surface area (Å²) in [7, 11) is 0. The Morgan fingerprint density at radius 3 is 2.84 bits per heavy atom. The Morgan fingerprint density at radius 1 is 1.24 bits per heavy atom. The molecule has 0 bridgehead atoms. The van der Waals surface area contributed by atoms with E-state index in [-0.39, 0.29) is 12.5 Å². The third kappa shape index (κ3) is 4.64. The minimum absolute atomic E-state index is 0.164. The number of hydrogen-bond acceptors (Lipinski definition) is 5. The van der Waals surface area contributed by atoms with Gasteiger partial charge in [0.15, 0.2) is 5.60 Å². The van der Waals surface area contributed by atoms with Gasteiger partial charge in [0.2, 0.25) is 0 Å². The summed E-state index contributed by atoms with van der Waals surface area (Å²) in [6.07, 6.45) is 5.55. The Labute approximate surface area is 147 Å². The third-order valence-corrected chi connectivity index (χ3v) is 4.62. The standard InChI is InChI=1S/C18H25N5O2/c24-17-18(25,15-19-9-13-23-14-10-20-21-23)8-4-11-22(17)12-7-16-5-2-1-3-6-16/h1-3,5-6,10,14,19,25H,4,7-9,11-13,15H2. The molecule has 1 aromatic carbocycles. The van der Waals surface area contributed by atoms with Crippen LogP contribution in [0.1, 0.15) is 18.4 Å². The molecule has 134 valence electrons. The number of benzene rings is 1. The zero-order chi connectivity index (χ0) is 17.5. The fourth-order valence-corrected chi connectivity index (χ4v) is 3.19. The first kappa shape index (κ1) is 17.6. The number of carbonyl (C=O) groups excluding carboxylic acids is 1. The smallest absolute Gasteiger partial charge is 0.255 e. The van der Waals surface area contributed by atoms with Crippen LogP contribution < -0.4 is 5.32 Å². The van der Waals surface area contributed by atoms with Gasteiger partial charge in [-0.25, -0.2) is 0 Å². The second-order valence-electron chi connectivity index (χ2n) is 6.51. The average molecular weight is 343 g/mol. The normalized spacial score (nSPS) is 20.8. The Hall–Kier alpha value is -2.25. The van der Waals surface area contributed by atoms with Crippen LogP contribution in [0.2, 0.25) is 0 Å². The number of hydrogen-bond donors (Lipinski definition) is 2. The molecule has 2 N–H and O–H groups in total. The lowest BCUT2D eigenvalue weighted by Crippen LogP contribution is -2.58. The van der Waals surface area contributed by atoms with Crippen molar-refractivity contribution in [1.29, 1.82) is 0 Å². The number of aromatic nitrogens is 3. The monoisotopic (exact) mass is 343 g/mol. The largest absolute Gasteiger partial charge is 0.379 e. The lowest BCUT2D eigenvalue weighted by atomic mass is 9.91. The van der Waals surface area contributed by atoms with Crippen LogP contribution in [-0.4, -0.2) is 62.7 Å². The minimum atomic E-state index is -1.31. The first-order valence-electron chi connectivity index (χ1n) is 8.78. The van der Waals surface area contributed by atoms with Crippen molar-refractivity contribution < 1.29 is 9.90 Å². The zero-order valence-corrected chi connectivity index (χ0v) is 14.3. The van der Waals surface area contributed by atoms with E-state index in [9.17, 15) is 9.90 Å². The molecule has 1 saturated heterocycles. The molecule has 0 radical (unpaired) electrons. The van der Waals surface area contributed by atoms with Crippen molar-refractivity contribution in [2.75, 3.05) is 26.2 Å². The Morgan fingerprint density at radius 2 is 2.08 bits per heavy atom. The van der Waals surface area contributed by atoms with Gasteiger partial charge < -0.3 is 15.3 Å². The van der Waals surface area contributed by atoms with E-state index in [0.29, 0.717) is 32.6 Å². The van der Waals surface area contributed by atoms with Crippen molar-refractivity contribution in [3.8, 4) is 0 Å². The van der Waals surface area contributed by atoms with E-state index in [4.69, 9.17) is 0 Å². The van der Waals surface area contributed by atoms with Gasteiger partial charge in [0.1, 0.15) is 0 Å². The van der Waals surface area contributed by atoms with Crippen LogP contribution in [0.5, 0.6) is 0 Å². The van der Waals surface area contributed by atoms with E-state index in [1.807, 2.05) is 18.2 Å². The van der Waals surface area contributed by atoms with Crippen LogP contribution in [0.15, 0.2) is 42.7 Å². The lowest BCUT2D eigenvalue weighted by molar-refractivity contribution is -0.156. The molecular formula is C18H25N5O2. The van der Waals surface area contributed by atoms with Gasteiger partial charge in [0, 0.05) is 32.4 Å². The van der Waals surface area contributed by atoms with Gasteiger partial charge in [-0.15, -0.1) is 5.10 Å². The SMILES string of the molecule is O=C1N(CCc2ccccc2)CCCC1(O)CNCCn1ccnn1. The predicted molar refractivity (Wildman–Crippen MR) is 93.8 cm³/mol. The highest BCUT2D eigenvalue weighted by Gasteiger charge is 2.41. The number of aliphatic hydroxyl groups is 1. The van der Waals surface area contributed by atoms with E-state index in [1.165, 1.54) is 5.56 Å². The number of amides is 1. The van der Waals surface area contributed by atoms with Crippen LogP contribution in [0.25, 0.3) is 0 Å². The second kappa shape index (κ2) is 8.22. The summed E-state index contributed by atoms with van der Waals surface area (Å²) >= 11 is 0. The fourth-order valence-electron chi connectivity index (χ4n) is 3.19. The number of piperidine rings is 1. The van der Waals surface area contributed by atoms with Crippen LogP contribution in [0, 0.1) is 0 Å². The molecule has 1 amide bonds. The first-order valence-corrected chi connectivity index (χ1v) is 8.78. The lowest BCUT2D eigenvalue weighted by Gasteiger charge is -2.38. The highest BCUT2D eigenvalue weighted by Crippen LogP contribution is 2.22. The maximum Gasteiger partial charge on any atom is 0.255 e. The summed E-state index contributed by atoms with van der Waals surface area (Å²) in [6, 6.07) is 10.1. The van der Waals surface area contributed by atoms with Crippen molar-refractivity contribution in [2.45, 2.75) is 31.4 Å². The summed E-state index contributed by atoms with van der Waals surface area (Å²) in [4.78, 5) is 14.5. The third-order valence-electron chi connectivity index (χ3n) is 4.62. The molecule has 1 aromatic heterocycles. The Balaban J connectivity index is 1.47. The zero-order valence-electron chi connectivity index (χ0n) is 14.3. The molecular weight excluding hydrogens is 318 g/mol. The van der Waals surface area contributed by atoms with Gasteiger partial charge in [0.05, 0.1) is 12.7 Å². The fraction of sp³-hybridized carbons (Fsp3) is 0.500. The molecule has 1 aliphatic heterocycles. The van der Waals surface area contributed by atoms with E-state index in [2.05, 4.69) is 27.8 Å².